The van der Waals surface area contributed by atoms with Crippen molar-refractivity contribution >= 4 is 11.6 Å². The lowest BCUT2D eigenvalue weighted by molar-refractivity contribution is -0.0626. The van der Waals surface area contributed by atoms with Gasteiger partial charge in [-0.25, -0.2) is 0 Å². The average Bonchev–Trinajstić information content (AvgIpc) is 2.46. The van der Waals surface area contributed by atoms with Crippen molar-refractivity contribution < 1.29 is 19.7 Å². The van der Waals surface area contributed by atoms with Crippen LogP contribution in [0.25, 0.3) is 0 Å². The third kappa shape index (κ3) is 5.80. The highest BCUT2D eigenvalue weighted by Crippen LogP contribution is 2.19. The first kappa shape index (κ1) is 16.5. The van der Waals surface area contributed by atoms with E-state index in [1.807, 2.05) is 0 Å². The predicted molar refractivity (Wildman–Crippen MR) is 80.8 cm³/mol. The van der Waals surface area contributed by atoms with E-state index in [4.69, 9.17) is 21.1 Å². The number of rotatable bonds is 7. The van der Waals surface area contributed by atoms with Crippen LogP contribution < -0.4 is 10.1 Å². The van der Waals surface area contributed by atoms with Gasteiger partial charge in [-0.3, -0.25) is 0 Å². The summed E-state index contributed by atoms with van der Waals surface area (Å²) in [5.41, 5.74) is -0.730. The van der Waals surface area contributed by atoms with Crippen LogP contribution in [0, 0.1) is 0 Å². The lowest BCUT2D eigenvalue weighted by Crippen LogP contribution is -2.47. The fraction of sp³-hybridized carbons (Fsp3) is 0.600. The number of hydrogen-bond acceptors (Lipinski definition) is 5. The molecule has 1 heterocycles. The van der Waals surface area contributed by atoms with E-state index >= 15 is 0 Å². The van der Waals surface area contributed by atoms with Crippen LogP contribution in [-0.2, 0) is 4.74 Å². The van der Waals surface area contributed by atoms with Gasteiger partial charge in [0, 0.05) is 44.2 Å². The molecule has 1 aliphatic heterocycles. The van der Waals surface area contributed by atoms with Crippen LogP contribution in [-0.4, -0.2) is 54.8 Å². The van der Waals surface area contributed by atoms with Gasteiger partial charge in [0.05, 0.1) is 5.60 Å². The molecule has 3 N–H and O–H groups in total. The number of benzene rings is 1. The summed E-state index contributed by atoms with van der Waals surface area (Å²) in [7, 11) is 0. The third-order valence-corrected chi connectivity index (χ3v) is 3.73. The molecule has 0 spiro atoms. The number of hydrogen-bond donors (Lipinski definition) is 3. The topological polar surface area (TPSA) is 71.0 Å². The van der Waals surface area contributed by atoms with Crippen LogP contribution >= 0.6 is 11.6 Å². The zero-order valence-electron chi connectivity index (χ0n) is 11.9. The van der Waals surface area contributed by atoms with E-state index in [1.165, 1.54) is 0 Å². The van der Waals surface area contributed by atoms with Gasteiger partial charge in [0.25, 0.3) is 0 Å². The second kappa shape index (κ2) is 7.96. The van der Waals surface area contributed by atoms with Crippen LogP contribution in [0.1, 0.15) is 12.8 Å². The van der Waals surface area contributed by atoms with Gasteiger partial charge in [0.1, 0.15) is 18.5 Å². The van der Waals surface area contributed by atoms with Crippen molar-refractivity contribution in [1.82, 2.24) is 5.32 Å². The van der Waals surface area contributed by atoms with Crippen molar-refractivity contribution in [3.63, 3.8) is 0 Å². The quantitative estimate of drug-likeness (QED) is 0.705. The first-order chi connectivity index (χ1) is 10.1. The molecule has 1 aromatic carbocycles. The Balaban J connectivity index is 1.64. The number of ether oxygens (including phenoxy) is 2. The molecule has 0 saturated carbocycles. The Morgan fingerprint density at radius 1 is 1.38 bits per heavy atom. The molecular formula is C15H22ClNO4. The van der Waals surface area contributed by atoms with E-state index in [2.05, 4.69) is 5.32 Å². The fourth-order valence-corrected chi connectivity index (χ4v) is 2.39. The molecule has 21 heavy (non-hydrogen) atoms. The summed E-state index contributed by atoms with van der Waals surface area (Å²) in [6.45, 7) is 2.15. The van der Waals surface area contributed by atoms with Crippen LogP contribution in [0.4, 0.5) is 0 Å². The Morgan fingerprint density at radius 2 is 2.14 bits per heavy atom. The minimum atomic E-state index is -0.730. The van der Waals surface area contributed by atoms with E-state index in [0.717, 1.165) is 0 Å². The lowest BCUT2D eigenvalue weighted by Gasteiger charge is -2.32. The van der Waals surface area contributed by atoms with E-state index in [0.29, 0.717) is 49.9 Å². The summed E-state index contributed by atoms with van der Waals surface area (Å²) < 4.78 is 10.7. The molecule has 1 aromatic rings. The highest BCUT2D eigenvalue weighted by atomic mass is 35.5. The van der Waals surface area contributed by atoms with Gasteiger partial charge < -0.3 is 25.0 Å². The minimum Gasteiger partial charge on any atom is -0.491 e. The second-order valence-electron chi connectivity index (χ2n) is 5.39. The number of aliphatic hydroxyl groups excluding tert-OH is 1. The van der Waals surface area contributed by atoms with Crippen molar-refractivity contribution in [2.45, 2.75) is 24.5 Å². The molecule has 6 heteroatoms. The van der Waals surface area contributed by atoms with Crippen molar-refractivity contribution in [3.8, 4) is 5.75 Å². The largest absolute Gasteiger partial charge is 0.491 e. The van der Waals surface area contributed by atoms with Crippen LogP contribution in [0.15, 0.2) is 24.3 Å². The predicted octanol–water partition coefficient (Wildman–Crippen LogP) is 1.21. The standard InChI is InChI=1S/C15H22ClNO4/c16-12-2-1-3-14(8-12)21-10-13(18)9-17-11-15(19)4-6-20-7-5-15/h1-3,8,13,17-19H,4-7,9-11H2. The summed E-state index contributed by atoms with van der Waals surface area (Å²) in [6, 6.07) is 7.05. The van der Waals surface area contributed by atoms with Gasteiger partial charge in [-0.05, 0) is 18.2 Å². The molecule has 1 fully saturated rings. The first-order valence-corrected chi connectivity index (χ1v) is 7.52. The Kier molecular flexibility index (Phi) is 6.26. The van der Waals surface area contributed by atoms with Crippen LogP contribution in [0.3, 0.4) is 0 Å². The molecule has 5 nitrogen and oxygen atoms in total. The first-order valence-electron chi connectivity index (χ1n) is 7.15. The maximum atomic E-state index is 10.3. The molecule has 118 valence electrons. The Labute approximate surface area is 129 Å². The molecule has 1 unspecified atom stereocenters. The Hall–Kier alpha value is -0.850. The van der Waals surface area contributed by atoms with Gasteiger partial charge in [-0.15, -0.1) is 0 Å². The number of aliphatic hydroxyl groups is 2. The summed E-state index contributed by atoms with van der Waals surface area (Å²) >= 11 is 5.85. The SMILES string of the molecule is OC(CNCC1(O)CCOCC1)COc1cccc(Cl)c1. The normalized spacial score (nSPS) is 19.2. The van der Waals surface area contributed by atoms with E-state index in [1.54, 1.807) is 24.3 Å². The molecule has 0 aliphatic carbocycles. The zero-order chi connectivity index (χ0) is 15.1. The lowest BCUT2D eigenvalue weighted by atomic mass is 9.94. The Morgan fingerprint density at radius 3 is 2.86 bits per heavy atom. The summed E-state index contributed by atoms with van der Waals surface area (Å²) in [5, 5.41) is 23.8. The highest BCUT2D eigenvalue weighted by Gasteiger charge is 2.29. The molecule has 0 radical (unpaired) electrons. The average molecular weight is 316 g/mol. The van der Waals surface area contributed by atoms with Gasteiger partial charge in [0.15, 0.2) is 0 Å². The zero-order valence-corrected chi connectivity index (χ0v) is 12.7. The smallest absolute Gasteiger partial charge is 0.120 e. The Bertz CT molecular complexity index is 437. The van der Waals surface area contributed by atoms with Gasteiger partial charge in [-0.1, -0.05) is 17.7 Å². The van der Waals surface area contributed by atoms with Crippen molar-refractivity contribution in [1.29, 1.82) is 0 Å². The van der Waals surface area contributed by atoms with Crippen LogP contribution in [0.5, 0.6) is 5.75 Å². The third-order valence-electron chi connectivity index (χ3n) is 3.50. The van der Waals surface area contributed by atoms with E-state index < -0.39 is 11.7 Å². The summed E-state index contributed by atoms with van der Waals surface area (Å²) in [4.78, 5) is 0. The molecule has 0 aromatic heterocycles. The molecule has 1 aliphatic rings. The molecule has 0 bridgehead atoms. The number of halogens is 1. The molecule has 1 saturated heterocycles. The van der Waals surface area contributed by atoms with Crippen molar-refractivity contribution in [3.05, 3.63) is 29.3 Å². The second-order valence-corrected chi connectivity index (χ2v) is 5.83. The van der Waals surface area contributed by atoms with Gasteiger partial charge in [-0.2, -0.15) is 0 Å². The molecule has 2 rings (SSSR count). The molecule has 0 amide bonds. The van der Waals surface area contributed by atoms with E-state index in [9.17, 15) is 10.2 Å². The van der Waals surface area contributed by atoms with Crippen molar-refractivity contribution in [2.75, 3.05) is 32.9 Å². The highest BCUT2D eigenvalue weighted by molar-refractivity contribution is 6.30. The monoisotopic (exact) mass is 315 g/mol. The van der Waals surface area contributed by atoms with Gasteiger partial charge >= 0.3 is 0 Å². The number of nitrogens with one attached hydrogen (secondary N) is 1. The van der Waals surface area contributed by atoms with E-state index in [-0.39, 0.29) is 6.61 Å². The molecular weight excluding hydrogens is 294 g/mol. The van der Waals surface area contributed by atoms with Gasteiger partial charge in [0.2, 0.25) is 0 Å². The van der Waals surface area contributed by atoms with Crippen molar-refractivity contribution in [2.24, 2.45) is 0 Å². The maximum absolute atomic E-state index is 10.3. The fourth-order valence-electron chi connectivity index (χ4n) is 2.21. The molecule has 1 atom stereocenters. The summed E-state index contributed by atoms with van der Waals surface area (Å²) in [6.07, 6.45) is 0.594. The summed E-state index contributed by atoms with van der Waals surface area (Å²) in [5.74, 6) is 0.629. The minimum absolute atomic E-state index is 0.175. The maximum Gasteiger partial charge on any atom is 0.120 e. The van der Waals surface area contributed by atoms with Crippen LogP contribution in [0.2, 0.25) is 5.02 Å².